The molecule has 138 valence electrons. The van der Waals surface area contributed by atoms with Crippen LogP contribution < -0.4 is 9.47 Å². The summed E-state index contributed by atoms with van der Waals surface area (Å²) in [4.78, 5) is 15.3. The van der Waals surface area contributed by atoms with E-state index in [0.29, 0.717) is 30.3 Å². The van der Waals surface area contributed by atoms with Crippen molar-refractivity contribution in [2.24, 2.45) is 0 Å². The molecule has 2 aromatic carbocycles. The molecule has 1 aliphatic carbocycles. The van der Waals surface area contributed by atoms with Gasteiger partial charge in [-0.3, -0.25) is 4.79 Å². The van der Waals surface area contributed by atoms with Crippen LogP contribution in [0.1, 0.15) is 43.1 Å². The Hall–Kier alpha value is -2.33. The molecule has 3 rings (SSSR count). The van der Waals surface area contributed by atoms with E-state index in [9.17, 15) is 4.79 Å². The number of hydrogen-bond acceptors (Lipinski definition) is 4. The van der Waals surface area contributed by atoms with Gasteiger partial charge in [0.15, 0.2) is 17.3 Å². The zero-order valence-corrected chi connectivity index (χ0v) is 15.9. The van der Waals surface area contributed by atoms with E-state index in [4.69, 9.17) is 9.47 Å². The first-order valence-electron chi connectivity index (χ1n) is 9.50. The van der Waals surface area contributed by atoms with Gasteiger partial charge in [0, 0.05) is 12.1 Å². The second-order valence-corrected chi connectivity index (χ2v) is 6.41. The first-order chi connectivity index (χ1) is 12.7. The molecule has 0 fully saturated rings. The lowest BCUT2D eigenvalue weighted by molar-refractivity contribution is 0.103. The van der Waals surface area contributed by atoms with Gasteiger partial charge in [0.05, 0.1) is 12.2 Å². The minimum atomic E-state index is 0.0235. The minimum Gasteiger partial charge on any atom is -0.490 e. The summed E-state index contributed by atoms with van der Waals surface area (Å²) in [5.41, 5.74) is 3.29. The van der Waals surface area contributed by atoms with E-state index in [2.05, 4.69) is 25.7 Å². The third kappa shape index (κ3) is 3.47. The van der Waals surface area contributed by atoms with Crippen molar-refractivity contribution in [3.8, 4) is 22.6 Å². The summed E-state index contributed by atoms with van der Waals surface area (Å²) in [5.74, 6) is 1.27. The highest BCUT2D eigenvalue weighted by Crippen LogP contribution is 2.45. The number of hydrogen-bond donors (Lipinski definition) is 0. The number of benzene rings is 2. The zero-order valence-electron chi connectivity index (χ0n) is 15.9. The summed E-state index contributed by atoms with van der Waals surface area (Å²) in [6.45, 7) is 10.3. The molecule has 2 aromatic rings. The SMILES string of the molecule is CCCOc1ccc2c(c1OCCN(CC)CC)C(=O)c1ccccc1-2. The minimum absolute atomic E-state index is 0.0235. The Balaban J connectivity index is 1.94. The van der Waals surface area contributed by atoms with Crippen molar-refractivity contribution in [2.45, 2.75) is 27.2 Å². The Morgan fingerprint density at radius 3 is 2.27 bits per heavy atom. The molecule has 0 saturated heterocycles. The van der Waals surface area contributed by atoms with Crippen LogP contribution in [-0.2, 0) is 0 Å². The van der Waals surface area contributed by atoms with Crippen LogP contribution >= 0.6 is 0 Å². The van der Waals surface area contributed by atoms with Crippen LogP contribution in [0.5, 0.6) is 11.5 Å². The van der Waals surface area contributed by atoms with Gasteiger partial charge >= 0.3 is 0 Å². The molecule has 1 aliphatic rings. The van der Waals surface area contributed by atoms with Gasteiger partial charge < -0.3 is 14.4 Å². The van der Waals surface area contributed by atoms with E-state index in [-0.39, 0.29) is 5.78 Å². The van der Waals surface area contributed by atoms with Gasteiger partial charge in [-0.2, -0.15) is 0 Å². The first-order valence-corrected chi connectivity index (χ1v) is 9.50. The maximum absolute atomic E-state index is 13.0. The molecule has 0 N–H and O–H groups in total. The molecule has 4 nitrogen and oxygen atoms in total. The van der Waals surface area contributed by atoms with Gasteiger partial charge in [-0.05, 0) is 42.8 Å². The number of carbonyl (C=O) groups is 1. The number of ketones is 1. The van der Waals surface area contributed by atoms with Crippen molar-refractivity contribution in [3.63, 3.8) is 0 Å². The average molecular weight is 353 g/mol. The molecule has 0 radical (unpaired) electrons. The fourth-order valence-corrected chi connectivity index (χ4v) is 3.35. The Kier molecular flexibility index (Phi) is 5.94. The highest BCUT2D eigenvalue weighted by Gasteiger charge is 2.31. The van der Waals surface area contributed by atoms with E-state index < -0.39 is 0 Å². The van der Waals surface area contributed by atoms with Crippen LogP contribution in [0.3, 0.4) is 0 Å². The predicted octanol–water partition coefficient (Wildman–Crippen LogP) is 4.41. The van der Waals surface area contributed by atoms with Crippen LogP contribution in [0.25, 0.3) is 11.1 Å². The molecule has 0 aromatic heterocycles. The molecule has 0 bridgehead atoms. The normalized spacial score (nSPS) is 12.2. The number of carbonyl (C=O) groups excluding carboxylic acids is 1. The highest BCUT2D eigenvalue weighted by atomic mass is 16.5. The van der Waals surface area contributed by atoms with Crippen molar-refractivity contribution in [3.05, 3.63) is 47.5 Å². The standard InChI is InChI=1S/C22H27NO3/c1-4-14-25-19-12-11-17-16-9-7-8-10-18(16)21(24)20(17)22(19)26-15-13-23(5-2)6-3/h7-12H,4-6,13-15H2,1-3H3. The number of nitrogens with zero attached hydrogens (tertiary/aromatic N) is 1. The molecule has 4 heteroatoms. The van der Waals surface area contributed by atoms with Gasteiger partial charge in [-0.15, -0.1) is 0 Å². The molecule has 0 spiro atoms. The molecule has 0 amide bonds. The van der Waals surface area contributed by atoms with E-state index in [1.54, 1.807) is 0 Å². The zero-order chi connectivity index (χ0) is 18.5. The molecule has 0 atom stereocenters. The smallest absolute Gasteiger partial charge is 0.198 e. The lowest BCUT2D eigenvalue weighted by Gasteiger charge is -2.20. The number of likely N-dealkylation sites (N-methyl/N-ethyl adjacent to an activating group) is 1. The lowest BCUT2D eigenvalue weighted by Crippen LogP contribution is -2.28. The van der Waals surface area contributed by atoms with Crippen LogP contribution in [0, 0.1) is 0 Å². The summed E-state index contributed by atoms with van der Waals surface area (Å²) in [7, 11) is 0. The van der Waals surface area contributed by atoms with Gasteiger partial charge in [0.2, 0.25) is 0 Å². The van der Waals surface area contributed by atoms with Crippen molar-refractivity contribution in [2.75, 3.05) is 32.8 Å². The summed E-state index contributed by atoms with van der Waals surface area (Å²) in [5, 5.41) is 0. The summed E-state index contributed by atoms with van der Waals surface area (Å²) in [6, 6.07) is 11.6. The fourth-order valence-electron chi connectivity index (χ4n) is 3.35. The molecule has 26 heavy (non-hydrogen) atoms. The molecular formula is C22H27NO3. The average Bonchev–Trinajstić information content (AvgIpc) is 2.97. The quantitative estimate of drug-likeness (QED) is 0.571. The summed E-state index contributed by atoms with van der Waals surface area (Å²) in [6.07, 6.45) is 0.907. The van der Waals surface area contributed by atoms with Crippen molar-refractivity contribution < 1.29 is 14.3 Å². The Morgan fingerprint density at radius 2 is 1.58 bits per heavy atom. The van der Waals surface area contributed by atoms with E-state index >= 15 is 0 Å². The molecule has 0 heterocycles. The fraction of sp³-hybridized carbons (Fsp3) is 0.409. The third-order valence-electron chi connectivity index (χ3n) is 4.82. The van der Waals surface area contributed by atoms with E-state index in [1.165, 1.54) is 0 Å². The largest absolute Gasteiger partial charge is 0.490 e. The first kappa shape index (κ1) is 18.5. The van der Waals surface area contributed by atoms with Crippen LogP contribution in [-0.4, -0.2) is 43.5 Å². The number of ether oxygens (including phenoxy) is 2. The van der Waals surface area contributed by atoms with Crippen LogP contribution in [0.4, 0.5) is 0 Å². The Bertz CT molecular complexity index is 781. The van der Waals surface area contributed by atoms with Gasteiger partial charge in [-0.1, -0.05) is 45.0 Å². The predicted molar refractivity (Wildman–Crippen MR) is 104 cm³/mol. The molecule has 0 aliphatic heterocycles. The lowest BCUT2D eigenvalue weighted by atomic mass is 10.0. The van der Waals surface area contributed by atoms with Crippen LogP contribution in [0.15, 0.2) is 36.4 Å². The highest BCUT2D eigenvalue weighted by molar-refractivity contribution is 6.23. The second kappa shape index (κ2) is 8.37. The molecule has 0 unspecified atom stereocenters. The van der Waals surface area contributed by atoms with Gasteiger partial charge in [0.1, 0.15) is 6.61 Å². The van der Waals surface area contributed by atoms with Crippen molar-refractivity contribution in [1.82, 2.24) is 4.90 Å². The third-order valence-corrected chi connectivity index (χ3v) is 4.82. The molecule has 0 saturated carbocycles. The molecular weight excluding hydrogens is 326 g/mol. The van der Waals surface area contributed by atoms with Crippen molar-refractivity contribution in [1.29, 1.82) is 0 Å². The van der Waals surface area contributed by atoms with Gasteiger partial charge in [-0.25, -0.2) is 0 Å². The van der Waals surface area contributed by atoms with Gasteiger partial charge in [0.25, 0.3) is 0 Å². The van der Waals surface area contributed by atoms with E-state index in [0.717, 1.165) is 42.7 Å². The monoisotopic (exact) mass is 353 g/mol. The Morgan fingerprint density at radius 1 is 0.846 bits per heavy atom. The summed E-state index contributed by atoms with van der Waals surface area (Å²) < 4.78 is 12.0. The maximum atomic E-state index is 13.0. The summed E-state index contributed by atoms with van der Waals surface area (Å²) >= 11 is 0. The van der Waals surface area contributed by atoms with Crippen LogP contribution in [0.2, 0.25) is 0 Å². The Labute approximate surface area is 155 Å². The maximum Gasteiger partial charge on any atom is 0.198 e. The number of fused-ring (bicyclic) bond motifs is 3. The van der Waals surface area contributed by atoms with Crippen molar-refractivity contribution >= 4 is 5.78 Å². The number of rotatable bonds is 9. The second-order valence-electron chi connectivity index (χ2n) is 6.41. The van der Waals surface area contributed by atoms with E-state index in [1.807, 2.05) is 36.4 Å². The topological polar surface area (TPSA) is 38.8 Å².